The molecule has 0 saturated heterocycles. The molecule has 1 aliphatic heterocycles. The van der Waals surface area contributed by atoms with Crippen LogP contribution in [-0.2, 0) is 6.61 Å². The van der Waals surface area contributed by atoms with Crippen LogP contribution in [0.4, 0.5) is 0 Å². The summed E-state index contributed by atoms with van der Waals surface area (Å²) >= 11 is 3.49. The maximum absolute atomic E-state index is 12.6. The Labute approximate surface area is 166 Å². The Morgan fingerprint density at radius 2 is 1.81 bits per heavy atom. The van der Waals surface area contributed by atoms with Gasteiger partial charge in [-0.15, -0.1) is 0 Å². The van der Waals surface area contributed by atoms with Gasteiger partial charge in [-0.2, -0.15) is 0 Å². The van der Waals surface area contributed by atoms with Gasteiger partial charge in [0.2, 0.25) is 5.78 Å². The molecule has 0 aromatic heterocycles. The highest BCUT2D eigenvalue weighted by Gasteiger charge is 2.27. The Bertz CT molecular complexity index is 1050. The van der Waals surface area contributed by atoms with Crippen LogP contribution >= 0.6 is 15.9 Å². The van der Waals surface area contributed by atoms with E-state index in [-0.39, 0.29) is 5.78 Å². The molecular weight excluding hydrogens is 404 g/mol. The molecule has 0 fully saturated rings. The molecule has 3 aromatic rings. The highest BCUT2D eigenvalue weighted by Crippen LogP contribution is 2.35. The molecule has 3 aromatic carbocycles. The number of halogens is 1. The van der Waals surface area contributed by atoms with Gasteiger partial charge in [0, 0.05) is 10.5 Å². The van der Waals surface area contributed by atoms with E-state index in [0.29, 0.717) is 29.4 Å². The molecule has 27 heavy (non-hydrogen) atoms. The highest BCUT2D eigenvalue weighted by molar-refractivity contribution is 9.10. The molecule has 0 radical (unpaired) electrons. The van der Waals surface area contributed by atoms with E-state index in [9.17, 15) is 4.79 Å². The smallest absolute Gasteiger partial charge is 0.231 e. The molecule has 0 bridgehead atoms. The number of Topliss-reactive ketones (excluding diaryl/α,β-unsaturated/α-hetero) is 1. The van der Waals surface area contributed by atoms with Gasteiger partial charge in [0.05, 0.1) is 5.56 Å². The first-order chi connectivity index (χ1) is 13.1. The zero-order valence-corrected chi connectivity index (χ0v) is 16.3. The summed E-state index contributed by atoms with van der Waals surface area (Å²) < 4.78 is 12.6. The average Bonchev–Trinajstić information content (AvgIpc) is 2.98. The first-order valence-corrected chi connectivity index (χ1v) is 9.41. The molecule has 0 atom stereocenters. The van der Waals surface area contributed by atoms with Crippen LogP contribution in [0.1, 0.15) is 27.0 Å². The molecule has 0 spiro atoms. The standard InChI is InChI=1S/C23H17BrO3/c1-15-6-2-3-8-17(15)14-26-18-10-11-19-21(13-18)27-22(23(19)25)12-16-7-4-5-9-20(16)24/h2-13H,14H2,1H3/b22-12-. The summed E-state index contributed by atoms with van der Waals surface area (Å²) in [4.78, 5) is 12.6. The van der Waals surface area contributed by atoms with Crippen molar-refractivity contribution < 1.29 is 14.3 Å². The minimum absolute atomic E-state index is 0.119. The number of ketones is 1. The van der Waals surface area contributed by atoms with Crippen LogP contribution in [-0.4, -0.2) is 5.78 Å². The maximum atomic E-state index is 12.6. The van der Waals surface area contributed by atoms with Gasteiger partial charge in [0.1, 0.15) is 18.1 Å². The summed E-state index contributed by atoms with van der Waals surface area (Å²) in [5, 5.41) is 0. The third-order valence-electron chi connectivity index (χ3n) is 4.49. The van der Waals surface area contributed by atoms with Crippen molar-refractivity contribution in [3.05, 3.63) is 99.2 Å². The summed E-state index contributed by atoms with van der Waals surface area (Å²) in [6.45, 7) is 2.53. The summed E-state index contributed by atoms with van der Waals surface area (Å²) in [7, 11) is 0. The first-order valence-electron chi connectivity index (χ1n) is 8.62. The SMILES string of the molecule is Cc1ccccc1COc1ccc2c(c1)O/C(=C\c1ccccc1Br)C2=O. The molecule has 134 valence electrons. The molecule has 3 nitrogen and oxygen atoms in total. The van der Waals surface area contributed by atoms with Crippen LogP contribution in [0.3, 0.4) is 0 Å². The second-order valence-electron chi connectivity index (χ2n) is 6.33. The van der Waals surface area contributed by atoms with Crippen LogP contribution in [0, 0.1) is 6.92 Å². The fraction of sp³-hybridized carbons (Fsp3) is 0.0870. The lowest BCUT2D eigenvalue weighted by Crippen LogP contribution is -1.98. The van der Waals surface area contributed by atoms with E-state index in [4.69, 9.17) is 9.47 Å². The van der Waals surface area contributed by atoms with E-state index in [1.54, 1.807) is 24.3 Å². The average molecular weight is 421 g/mol. The van der Waals surface area contributed by atoms with Crippen LogP contribution in [0.15, 0.2) is 77.0 Å². The maximum Gasteiger partial charge on any atom is 0.231 e. The number of allylic oxidation sites excluding steroid dienone is 1. The molecular formula is C23H17BrO3. The van der Waals surface area contributed by atoms with Crippen LogP contribution in [0.25, 0.3) is 6.08 Å². The largest absolute Gasteiger partial charge is 0.489 e. The van der Waals surface area contributed by atoms with Gasteiger partial charge in [0.15, 0.2) is 5.76 Å². The molecule has 0 saturated carbocycles. The normalized spacial score (nSPS) is 14.1. The van der Waals surface area contributed by atoms with Crippen molar-refractivity contribution in [1.82, 2.24) is 0 Å². The van der Waals surface area contributed by atoms with E-state index in [0.717, 1.165) is 15.6 Å². The first kappa shape index (κ1) is 17.6. The number of carbonyl (C=O) groups is 1. The van der Waals surface area contributed by atoms with Gasteiger partial charge >= 0.3 is 0 Å². The Morgan fingerprint density at radius 3 is 2.63 bits per heavy atom. The van der Waals surface area contributed by atoms with Crippen molar-refractivity contribution >= 4 is 27.8 Å². The summed E-state index contributed by atoms with van der Waals surface area (Å²) in [6, 6.07) is 21.1. The van der Waals surface area contributed by atoms with Crippen LogP contribution in [0.2, 0.25) is 0 Å². The zero-order valence-electron chi connectivity index (χ0n) is 14.7. The Kier molecular flexibility index (Phi) is 4.82. The van der Waals surface area contributed by atoms with Gasteiger partial charge in [-0.1, -0.05) is 58.4 Å². The third-order valence-corrected chi connectivity index (χ3v) is 5.21. The number of benzene rings is 3. The number of fused-ring (bicyclic) bond motifs is 1. The van der Waals surface area contributed by atoms with Crippen molar-refractivity contribution in [1.29, 1.82) is 0 Å². The monoisotopic (exact) mass is 420 g/mol. The highest BCUT2D eigenvalue weighted by atomic mass is 79.9. The van der Waals surface area contributed by atoms with E-state index in [2.05, 4.69) is 28.9 Å². The lowest BCUT2D eigenvalue weighted by atomic mass is 10.1. The van der Waals surface area contributed by atoms with Gasteiger partial charge in [-0.25, -0.2) is 0 Å². The van der Waals surface area contributed by atoms with E-state index in [1.807, 2.05) is 42.5 Å². The number of hydrogen-bond acceptors (Lipinski definition) is 3. The predicted molar refractivity (Wildman–Crippen MR) is 109 cm³/mol. The van der Waals surface area contributed by atoms with Crippen molar-refractivity contribution in [2.24, 2.45) is 0 Å². The van der Waals surface area contributed by atoms with E-state index < -0.39 is 0 Å². The summed E-state index contributed by atoms with van der Waals surface area (Å²) in [5.74, 6) is 1.40. The third kappa shape index (κ3) is 3.67. The number of rotatable bonds is 4. The second-order valence-corrected chi connectivity index (χ2v) is 7.19. The lowest BCUT2D eigenvalue weighted by molar-refractivity contribution is 0.101. The van der Waals surface area contributed by atoms with E-state index >= 15 is 0 Å². The fourth-order valence-electron chi connectivity index (χ4n) is 2.92. The predicted octanol–water partition coefficient (Wildman–Crippen LogP) is 5.95. The second kappa shape index (κ2) is 7.41. The van der Waals surface area contributed by atoms with Gasteiger partial charge < -0.3 is 9.47 Å². The molecule has 0 unspecified atom stereocenters. The van der Waals surface area contributed by atoms with Crippen molar-refractivity contribution in [3.8, 4) is 11.5 Å². The summed E-state index contributed by atoms with van der Waals surface area (Å²) in [5.41, 5.74) is 3.76. The fourth-order valence-corrected chi connectivity index (χ4v) is 3.32. The molecule has 0 aliphatic carbocycles. The van der Waals surface area contributed by atoms with Crippen LogP contribution < -0.4 is 9.47 Å². The van der Waals surface area contributed by atoms with Gasteiger partial charge in [-0.3, -0.25) is 4.79 Å². The molecule has 4 rings (SSSR count). The molecule has 0 N–H and O–H groups in total. The minimum Gasteiger partial charge on any atom is -0.489 e. The van der Waals surface area contributed by atoms with Gasteiger partial charge in [0.25, 0.3) is 0 Å². The van der Waals surface area contributed by atoms with Crippen LogP contribution in [0.5, 0.6) is 11.5 Å². The summed E-state index contributed by atoms with van der Waals surface area (Å²) in [6.07, 6.45) is 1.75. The van der Waals surface area contributed by atoms with Crippen molar-refractivity contribution in [2.45, 2.75) is 13.5 Å². The number of aryl methyl sites for hydroxylation is 1. The minimum atomic E-state index is -0.119. The quantitative estimate of drug-likeness (QED) is 0.488. The number of hydrogen-bond donors (Lipinski definition) is 0. The van der Waals surface area contributed by atoms with Crippen molar-refractivity contribution in [2.75, 3.05) is 0 Å². The number of ether oxygens (including phenoxy) is 2. The Hall–Kier alpha value is -2.85. The molecule has 1 aliphatic rings. The Balaban J connectivity index is 1.54. The Morgan fingerprint density at radius 1 is 1.04 bits per heavy atom. The zero-order chi connectivity index (χ0) is 18.8. The topological polar surface area (TPSA) is 35.5 Å². The van der Waals surface area contributed by atoms with Crippen molar-refractivity contribution in [3.63, 3.8) is 0 Å². The molecule has 4 heteroatoms. The molecule has 1 heterocycles. The van der Waals surface area contributed by atoms with E-state index in [1.165, 1.54) is 5.56 Å². The molecule has 0 amide bonds. The lowest BCUT2D eigenvalue weighted by Gasteiger charge is -2.09. The number of carbonyl (C=O) groups excluding carboxylic acids is 1. The van der Waals surface area contributed by atoms with Gasteiger partial charge in [-0.05, 0) is 47.9 Å².